The topological polar surface area (TPSA) is 109 Å². The third-order valence-corrected chi connectivity index (χ3v) is 7.71. The van der Waals surface area contributed by atoms with Crippen molar-refractivity contribution in [2.24, 2.45) is 0 Å². The second kappa shape index (κ2) is 10.1. The second-order valence-electron chi connectivity index (χ2n) is 8.87. The van der Waals surface area contributed by atoms with Crippen molar-refractivity contribution >= 4 is 43.3 Å². The molecule has 0 unspecified atom stereocenters. The van der Waals surface area contributed by atoms with Gasteiger partial charge < -0.3 is 14.4 Å². The van der Waals surface area contributed by atoms with Gasteiger partial charge in [-0.15, -0.1) is 21.5 Å². The highest BCUT2D eigenvalue weighted by Gasteiger charge is 2.39. The minimum absolute atomic E-state index is 0.0801. The molecule has 1 aliphatic rings. The van der Waals surface area contributed by atoms with Gasteiger partial charge in [0, 0.05) is 37.1 Å². The van der Waals surface area contributed by atoms with Crippen LogP contribution in [-0.2, 0) is 35.7 Å². The van der Waals surface area contributed by atoms with Crippen molar-refractivity contribution in [3.05, 3.63) is 22.6 Å². The van der Waals surface area contributed by atoms with E-state index in [4.69, 9.17) is 9.97 Å². The highest BCUT2D eigenvalue weighted by molar-refractivity contribution is 7.88. The van der Waals surface area contributed by atoms with E-state index in [1.165, 1.54) is 0 Å². The molecule has 198 valence electrons. The Bertz CT molecular complexity index is 1340. The van der Waals surface area contributed by atoms with Crippen molar-refractivity contribution in [3.63, 3.8) is 0 Å². The molecule has 36 heavy (non-hydrogen) atoms. The number of halogens is 3. The zero-order valence-corrected chi connectivity index (χ0v) is 22.1. The summed E-state index contributed by atoms with van der Waals surface area (Å²) in [6.45, 7) is 7.19. The Balaban J connectivity index is 1.72. The highest BCUT2D eigenvalue weighted by atomic mass is 32.2. The standard InChI is InChI=1S/C21H29F3N8O2S2/c1-5-7-14-10-15-17(31-8-9-32-16(12-31)27-28-19(32)21(22,23)24)25-20(26-18(15)35-14)30(6-2)11-13(3)29-36(4,33)34/h10,13,29H,5-9,11-12H2,1-4H3/t13-/m0/s1. The van der Waals surface area contributed by atoms with E-state index < -0.39 is 22.0 Å². The maximum absolute atomic E-state index is 13.3. The molecule has 0 radical (unpaired) electrons. The van der Waals surface area contributed by atoms with Gasteiger partial charge in [-0.05, 0) is 26.3 Å². The Kier molecular flexibility index (Phi) is 7.44. The fourth-order valence-electron chi connectivity index (χ4n) is 4.33. The predicted octanol–water partition coefficient (Wildman–Crippen LogP) is 3.04. The van der Waals surface area contributed by atoms with Gasteiger partial charge in [0.25, 0.3) is 0 Å². The Morgan fingerprint density at radius 1 is 1.22 bits per heavy atom. The number of likely N-dealkylation sites (N-methyl/N-ethyl adjacent to an activating group) is 1. The summed E-state index contributed by atoms with van der Waals surface area (Å²) >= 11 is 1.57. The average Bonchev–Trinajstić information content (AvgIpc) is 3.38. The SMILES string of the molecule is CCCc1cc2c(N3CCn4c(nnc4C(F)(F)F)C3)nc(N(CC)C[C@H](C)NS(C)(=O)=O)nc2s1. The molecular formula is C21H29F3N8O2S2. The lowest BCUT2D eigenvalue weighted by Gasteiger charge is -2.31. The van der Waals surface area contributed by atoms with E-state index in [1.54, 1.807) is 18.3 Å². The number of fused-ring (bicyclic) bond motifs is 2. The van der Waals surface area contributed by atoms with Gasteiger partial charge in [0.1, 0.15) is 10.6 Å². The van der Waals surface area contributed by atoms with Gasteiger partial charge in [-0.2, -0.15) is 18.2 Å². The van der Waals surface area contributed by atoms with Crippen LogP contribution >= 0.6 is 11.3 Å². The molecule has 1 N–H and O–H groups in total. The first kappa shape index (κ1) is 26.5. The van der Waals surface area contributed by atoms with Gasteiger partial charge >= 0.3 is 6.18 Å². The lowest BCUT2D eigenvalue weighted by molar-refractivity contribution is -0.147. The van der Waals surface area contributed by atoms with Crippen LogP contribution in [-0.4, -0.2) is 65.1 Å². The number of rotatable bonds is 9. The van der Waals surface area contributed by atoms with Crippen LogP contribution in [0.2, 0.25) is 0 Å². The molecule has 10 nitrogen and oxygen atoms in total. The van der Waals surface area contributed by atoms with E-state index in [0.29, 0.717) is 31.4 Å². The Hall–Kier alpha value is -2.52. The van der Waals surface area contributed by atoms with Gasteiger partial charge in [-0.1, -0.05) is 13.3 Å². The average molecular weight is 547 g/mol. The first-order chi connectivity index (χ1) is 16.9. The van der Waals surface area contributed by atoms with Crippen LogP contribution in [0.4, 0.5) is 24.9 Å². The Labute approximate surface area is 211 Å². The fraction of sp³-hybridized carbons (Fsp3) is 0.619. The van der Waals surface area contributed by atoms with Gasteiger partial charge in [-0.3, -0.25) is 0 Å². The molecule has 0 spiro atoms. The van der Waals surface area contributed by atoms with Gasteiger partial charge in [0.15, 0.2) is 5.82 Å². The normalized spacial score (nSPS) is 15.4. The predicted molar refractivity (Wildman–Crippen MR) is 133 cm³/mol. The number of sulfonamides is 1. The minimum Gasteiger partial charge on any atom is -0.347 e. The van der Waals surface area contributed by atoms with Crippen molar-refractivity contribution in [2.75, 3.05) is 35.7 Å². The van der Waals surface area contributed by atoms with Crippen molar-refractivity contribution < 1.29 is 21.6 Å². The van der Waals surface area contributed by atoms with E-state index >= 15 is 0 Å². The molecule has 0 saturated heterocycles. The quantitative estimate of drug-likeness (QED) is 0.436. The number of nitrogens with one attached hydrogen (secondary N) is 1. The van der Waals surface area contributed by atoms with Crippen LogP contribution in [0.25, 0.3) is 10.2 Å². The summed E-state index contributed by atoms with van der Waals surface area (Å²) in [4.78, 5) is 15.3. The van der Waals surface area contributed by atoms with E-state index in [1.807, 2.05) is 22.8 Å². The molecule has 4 rings (SSSR count). The van der Waals surface area contributed by atoms with Gasteiger partial charge in [-0.25, -0.2) is 18.1 Å². The summed E-state index contributed by atoms with van der Waals surface area (Å²) in [5.41, 5.74) is 0. The number of aryl methyl sites for hydroxylation is 1. The van der Waals surface area contributed by atoms with E-state index in [-0.39, 0.29) is 25.0 Å². The molecule has 1 aliphatic heterocycles. The van der Waals surface area contributed by atoms with Crippen LogP contribution in [0.5, 0.6) is 0 Å². The molecule has 0 fully saturated rings. The minimum atomic E-state index is -4.57. The van der Waals surface area contributed by atoms with E-state index in [9.17, 15) is 21.6 Å². The van der Waals surface area contributed by atoms with Crippen molar-refractivity contribution in [2.45, 2.75) is 58.9 Å². The van der Waals surface area contributed by atoms with Crippen LogP contribution in [0.15, 0.2) is 6.07 Å². The zero-order valence-electron chi connectivity index (χ0n) is 20.5. The molecule has 0 bridgehead atoms. The number of nitrogens with zero attached hydrogens (tertiary/aromatic N) is 7. The molecule has 1 atom stereocenters. The van der Waals surface area contributed by atoms with Gasteiger partial charge in [0.2, 0.25) is 21.8 Å². The number of aromatic nitrogens is 5. The molecule has 0 saturated carbocycles. The zero-order chi connectivity index (χ0) is 26.3. The van der Waals surface area contributed by atoms with E-state index in [2.05, 4.69) is 21.8 Å². The monoisotopic (exact) mass is 546 g/mol. The smallest absolute Gasteiger partial charge is 0.347 e. The summed E-state index contributed by atoms with van der Waals surface area (Å²) in [5.74, 6) is 0.300. The lowest BCUT2D eigenvalue weighted by Crippen LogP contribution is -2.42. The molecule has 3 aromatic heterocycles. The lowest BCUT2D eigenvalue weighted by atomic mass is 10.2. The summed E-state index contributed by atoms with van der Waals surface area (Å²) in [5, 5.41) is 8.01. The molecule has 3 aromatic rings. The molecule has 4 heterocycles. The first-order valence-corrected chi connectivity index (χ1v) is 14.4. The molecule has 15 heteroatoms. The first-order valence-electron chi connectivity index (χ1n) is 11.7. The maximum Gasteiger partial charge on any atom is 0.451 e. The largest absolute Gasteiger partial charge is 0.451 e. The van der Waals surface area contributed by atoms with Gasteiger partial charge in [0.05, 0.1) is 18.2 Å². The van der Waals surface area contributed by atoms with Crippen LogP contribution in [0.3, 0.4) is 0 Å². The van der Waals surface area contributed by atoms with Crippen LogP contribution in [0, 0.1) is 0 Å². The summed E-state index contributed by atoms with van der Waals surface area (Å²) in [6, 6.07) is 1.67. The van der Waals surface area contributed by atoms with Crippen LogP contribution in [0.1, 0.15) is 43.7 Å². The third kappa shape index (κ3) is 5.72. The summed E-state index contributed by atoms with van der Waals surface area (Å²) < 4.78 is 66.9. The van der Waals surface area contributed by atoms with Crippen molar-refractivity contribution in [3.8, 4) is 0 Å². The third-order valence-electron chi connectivity index (χ3n) is 5.79. The van der Waals surface area contributed by atoms with Crippen LogP contribution < -0.4 is 14.5 Å². The Morgan fingerprint density at radius 2 is 1.97 bits per heavy atom. The summed E-state index contributed by atoms with van der Waals surface area (Å²) in [7, 11) is -3.38. The maximum atomic E-state index is 13.3. The number of alkyl halides is 3. The number of hydrogen-bond acceptors (Lipinski definition) is 9. The summed E-state index contributed by atoms with van der Waals surface area (Å²) in [6.07, 6.45) is -1.61. The fourth-order valence-corrected chi connectivity index (χ4v) is 6.26. The van der Waals surface area contributed by atoms with E-state index in [0.717, 1.165) is 38.8 Å². The highest BCUT2D eigenvalue weighted by Crippen LogP contribution is 2.36. The number of anilines is 2. The molecule has 0 aromatic carbocycles. The van der Waals surface area contributed by atoms with Crippen molar-refractivity contribution in [1.29, 1.82) is 0 Å². The number of thiophene rings is 1. The Morgan fingerprint density at radius 3 is 2.61 bits per heavy atom. The molecule has 0 amide bonds. The second-order valence-corrected chi connectivity index (χ2v) is 11.8. The van der Waals surface area contributed by atoms with Crippen molar-refractivity contribution in [1.82, 2.24) is 29.5 Å². The molecular weight excluding hydrogens is 517 g/mol. The number of hydrogen-bond donors (Lipinski definition) is 1. The molecule has 0 aliphatic carbocycles.